The van der Waals surface area contributed by atoms with E-state index in [0.29, 0.717) is 50.6 Å². The van der Waals surface area contributed by atoms with Crippen LogP contribution in [0.25, 0.3) is 16.9 Å². The Morgan fingerprint density at radius 1 is 0.767 bits per heavy atom. The van der Waals surface area contributed by atoms with E-state index in [0.717, 1.165) is 35.5 Å². The molecule has 0 radical (unpaired) electrons. The molecule has 2 saturated heterocycles. The summed E-state index contributed by atoms with van der Waals surface area (Å²) < 4.78 is 3.67. The number of rotatable bonds is 7. The van der Waals surface area contributed by atoms with Gasteiger partial charge in [0.15, 0.2) is 0 Å². The van der Waals surface area contributed by atoms with Gasteiger partial charge in [-0.25, -0.2) is 4.68 Å². The first-order valence-electron chi connectivity index (χ1n) is 14.8. The Bertz CT molecular complexity index is 1550. The van der Waals surface area contributed by atoms with Crippen LogP contribution in [0.5, 0.6) is 0 Å². The van der Waals surface area contributed by atoms with E-state index in [1.165, 1.54) is 0 Å². The molecule has 4 unspecified atom stereocenters. The van der Waals surface area contributed by atoms with Gasteiger partial charge in [0.1, 0.15) is 0 Å². The first kappa shape index (κ1) is 28.8. The van der Waals surface area contributed by atoms with Crippen molar-refractivity contribution in [2.75, 3.05) is 41.3 Å². The van der Waals surface area contributed by atoms with Gasteiger partial charge in [-0.2, -0.15) is 15.0 Å². The summed E-state index contributed by atoms with van der Waals surface area (Å²) >= 11 is 0. The average molecular weight is 585 g/mol. The molecule has 2 aliphatic heterocycles. The minimum atomic E-state index is -0.0935. The number of nitrogens with two attached hydrogens (primary N) is 4. The van der Waals surface area contributed by atoms with Crippen molar-refractivity contribution in [3.63, 3.8) is 0 Å². The van der Waals surface area contributed by atoms with Crippen LogP contribution >= 0.6 is 0 Å². The Kier molecular flexibility index (Phi) is 8.13. The van der Waals surface area contributed by atoms with Crippen molar-refractivity contribution in [2.45, 2.75) is 50.5 Å². The van der Waals surface area contributed by atoms with Crippen LogP contribution in [0.4, 0.5) is 23.5 Å². The van der Waals surface area contributed by atoms with Crippen LogP contribution in [0, 0.1) is 0 Å². The summed E-state index contributed by atoms with van der Waals surface area (Å²) in [4.78, 5) is 31.5. The van der Waals surface area contributed by atoms with E-state index >= 15 is 0 Å². The SMILES string of the molecule is CCn1c(-c2cccc(Nc3nc(N4CC(N)CC(N)C4)nc(N4CC(N)CC(N)C4)n3)c2)cc(=O)n1-c1ccccc1. The normalized spacial score (nSPS) is 22.5. The second-order valence-electron chi connectivity index (χ2n) is 11.5. The average Bonchev–Trinajstić information content (AvgIpc) is 3.32. The lowest BCUT2D eigenvalue weighted by Crippen LogP contribution is -2.54. The molecular weight excluding hydrogens is 544 g/mol. The maximum atomic E-state index is 13.1. The fourth-order valence-corrected chi connectivity index (χ4v) is 6.12. The fraction of sp³-hybridized carbons (Fsp3) is 0.400. The second kappa shape index (κ2) is 12.1. The Hall–Kier alpha value is -4.30. The first-order valence-corrected chi connectivity index (χ1v) is 14.8. The summed E-state index contributed by atoms with van der Waals surface area (Å²) in [6.45, 7) is 5.02. The minimum absolute atomic E-state index is 0.0757. The van der Waals surface area contributed by atoms with Crippen LogP contribution in [0.15, 0.2) is 65.5 Å². The van der Waals surface area contributed by atoms with Crippen LogP contribution < -0.4 is 43.6 Å². The van der Waals surface area contributed by atoms with Crippen LogP contribution in [0.3, 0.4) is 0 Å². The number of nitrogens with zero attached hydrogens (tertiary/aromatic N) is 7. The summed E-state index contributed by atoms with van der Waals surface area (Å²) in [5.41, 5.74) is 28.4. The van der Waals surface area contributed by atoms with Crippen molar-refractivity contribution in [1.29, 1.82) is 0 Å². The van der Waals surface area contributed by atoms with Gasteiger partial charge in [0.05, 0.1) is 11.4 Å². The standard InChI is InChI=1S/C30H40N12O/c1-2-41-26(14-27(43)42(41)25-9-4-3-5-10-25)19-7-6-8-24(11-19)35-28-36-29(39-15-20(31)12-21(32)16-39)38-30(37-28)40-17-22(33)13-23(34)18-40/h3-11,14,20-23H,2,12-13,15-18,31-34H2,1H3,(H,35,36,37,38). The van der Waals surface area contributed by atoms with Crippen molar-refractivity contribution < 1.29 is 0 Å². The molecule has 6 rings (SSSR count). The number of benzene rings is 2. The van der Waals surface area contributed by atoms with Gasteiger partial charge in [0.2, 0.25) is 17.8 Å². The van der Waals surface area contributed by atoms with Crippen LogP contribution in [0.1, 0.15) is 19.8 Å². The van der Waals surface area contributed by atoms with Gasteiger partial charge in [-0.3, -0.25) is 9.48 Å². The molecule has 0 saturated carbocycles. The van der Waals surface area contributed by atoms with Crippen LogP contribution in [-0.2, 0) is 6.54 Å². The van der Waals surface area contributed by atoms with Gasteiger partial charge in [0.25, 0.3) is 5.56 Å². The van der Waals surface area contributed by atoms with Crippen molar-refractivity contribution in [2.24, 2.45) is 22.9 Å². The van der Waals surface area contributed by atoms with Gasteiger partial charge in [-0.1, -0.05) is 30.3 Å². The third-order valence-corrected chi connectivity index (χ3v) is 7.91. The predicted octanol–water partition coefficient (Wildman–Crippen LogP) is 0.984. The molecule has 4 atom stereocenters. The minimum Gasteiger partial charge on any atom is -0.338 e. The summed E-state index contributed by atoms with van der Waals surface area (Å²) in [6, 6.07) is 18.8. The summed E-state index contributed by atoms with van der Waals surface area (Å²) in [7, 11) is 0. The smallest absolute Gasteiger partial charge is 0.272 e. The lowest BCUT2D eigenvalue weighted by Gasteiger charge is -2.37. The number of nitrogens with one attached hydrogen (secondary N) is 1. The van der Waals surface area contributed by atoms with E-state index in [-0.39, 0.29) is 29.7 Å². The number of hydrogen-bond acceptors (Lipinski definition) is 11. The highest BCUT2D eigenvalue weighted by molar-refractivity contribution is 5.68. The molecule has 0 spiro atoms. The van der Waals surface area contributed by atoms with Crippen molar-refractivity contribution in [3.8, 4) is 16.9 Å². The van der Waals surface area contributed by atoms with E-state index in [4.69, 9.17) is 37.9 Å². The van der Waals surface area contributed by atoms with E-state index < -0.39 is 0 Å². The molecule has 0 amide bonds. The number of piperidine rings is 2. The third-order valence-electron chi connectivity index (χ3n) is 7.91. The monoisotopic (exact) mass is 584 g/mol. The summed E-state index contributed by atoms with van der Waals surface area (Å²) in [6.07, 6.45) is 1.49. The zero-order chi connectivity index (χ0) is 30.1. The molecular formula is C30H40N12O. The molecule has 13 nitrogen and oxygen atoms in total. The Balaban J connectivity index is 1.35. The Labute approximate surface area is 250 Å². The van der Waals surface area contributed by atoms with Crippen molar-refractivity contribution >= 4 is 23.5 Å². The number of anilines is 4. The molecule has 0 bridgehead atoms. The molecule has 2 fully saturated rings. The zero-order valence-electron chi connectivity index (χ0n) is 24.4. The van der Waals surface area contributed by atoms with E-state index in [2.05, 4.69) is 5.32 Å². The molecule has 226 valence electrons. The van der Waals surface area contributed by atoms with E-state index in [1.54, 1.807) is 10.7 Å². The highest BCUT2D eigenvalue weighted by Crippen LogP contribution is 2.27. The maximum absolute atomic E-state index is 13.1. The number of hydrogen-bond donors (Lipinski definition) is 5. The largest absolute Gasteiger partial charge is 0.338 e. The topological polar surface area (TPSA) is 188 Å². The number of aromatic nitrogens is 5. The van der Waals surface area contributed by atoms with Gasteiger partial charge in [-0.15, -0.1) is 0 Å². The van der Waals surface area contributed by atoms with E-state index in [1.807, 2.05) is 76.0 Å². The quantitative estimate of drug-likeness (QED) is 0.208. The Morgan fingerprint density at radius 3 is 1.91 bits per heavy atom. The Morgan fingerprint density at radius 2 is 1.35 bits per heavy atom. The number of para-hydroxylation sites is 1. The molecule has 43 heavy (non-hydrogen) atoms. The predicted molar refractivity (Wildman–Crippen MR) is 170 cm³/mol. The van der Waals surface area contributed by atoms with Gasteiger partial charge in [0, 0.05) is 74.2 Å². The molecule has 0 aliphatic carbocycles. The molecule has 4 aromatic rings. The summed E-state index contributed by atoms with van der Waals surface area (Å²) in [5, 5.41) is 3.37. The van der Waals surface area contributed by atoms with Crippen LogP contribution in [-0.4, -0.2) is 74.7 Å². The molecule has 13 heteroatoms. The van der Waals surface area contributed by atoms with Crippen LogP contribution in [0.2, 0.25) is 0 Å². The van der Waals surface area contributed by atoms with Gasteiger partial charge < -0.3 is 38.1 Å². The molecule has 9 N–H and O–H groups in total. The zero-order valence-corrected chi connectivity index (χ0v) is 24.4. The highest BCUT2D eigenvalue weighted by Gasteiger charge is 2.29. The lowest BCUT2D eigenvalue weighted by atomic mass is 10.0. The second-order valence-corrected chi connectivity index (χ2v) is 11.5. The maximum Gasteiger partial charge on any atom is 0.272 e. The summed E-state index contributed by atoms with van der Waals surface area (Å²) in [5.74, 6) is 1.38. The fourth-order valence-electron chi connectivity index (χ4n) is 6.12. The van der Waals surface area contributed by atoms with E-state index in [9.17, 15) is 4.79 Å². The molecule has 2 aromatic carbocycles. The molecule has 4 heterocycles. The lowest BCUT2D eigenvalue weighted by molar-refractivity contribution is 0.441. The first-order chi connectivity index (χ1) is 20.8. The third kappa shape index (κ3) is 6.25. The van der Waals surface area contributed by atoms with Crippen molar-refractivity contribution in [3.05, 3.63) is 71.0 Å². The molecule has 2 aliphatic rings. The van der Waals surface area contributed by atoms with Gasteiger partial charge in [-0.05, 0) is 44.0 Å². The van der Waals surface area contributed by atoms with Gasteiger partial charge >= 0.3 is 0 Å². The molecule has 2 aromatic heterocycles. The van der Waals surface area contributed by atoms with Crippen molar-refractivity contribution in [1.82, 2.24) is 24.3 Å². The highest BCUT2D eigenvalue weighted by atomic mass is 16.1.